The summed E-state index contributed by atoms with van der Waals surface area (Å²) in [7, 11) is -2.11. The van der Waals surface area contributed by atoms with E-state index < -0.39 is 15.6 Å². The van der Waals surface area contributed by atoms with Crippen LogP contribution in [0.3, 0.4) is 0 Å². The van der Waals surface area contributed by atoms with Gasteiger partial charge in [0, 0.05) is 24.6 Å². The van der Waals surface area contributed by atoms with Gasteiger partial charge in [-0.2, -0.15) is 5.10 Å². The molecule has 0 atom stereocenters. The Kier molecular flexibility index (Phi) is 3.60. The first-order valence-electron chi connectivity index (χ1n) is 7.32. The average molecular weight is 348 g/mol. The zero-order chi connectivity index (χ0) is 17.8. The number of nitrogens with zero attached hydrogens (tertiary/aromatic N) is 2. The van der Waals surface area contributed by atoms with Crippen molar-refractivity contribution in [2.24, 2.45) is 7.05 Å². The number of aryl methyl sites for hydroxylation is 2. The van der Waals surface area contributed by atoms with Crippen molar-refractivity contribution < 1.29 is 23.1 Å². The van der Waals surface area contributed by atoms with E-state index in [0.717, 1.165) is 0 Å². The molecule has 0 bridgehead atoms. The SMILES string of the molecule is Cc1nn(C)c(O)c1C(=O)c1ccc2c(c1C)S(=O)(=O)CCC2=O. The first kappa shape index (κ1) is 16.4. The molecule has 1 aromatic carbocycles. The summed E-state index contributed by atoms with van der Waals surface area (Å²) in [6.45, 7) is 3.09. The first-order valence-corrected chi connectivity index (χ1v) is 8.97. The Balaban J connectivity index is 2.25. The average Bonchev–Trinajstić information content (AvgIpc) is 2.75. The van der Waals surface area contributed by atoms with Crippen LogP contribution in [0.15, 0.2) is 17.0 Å². The predicted octanol–water partition coefficient (Wildman–Crippen LogP) is 1.33. The summed E-state index contributed by atoms with van der Waals surface area (Å²) >= 11 is 0. The third kappa shape index (κ3) is 2.25. The third-order valence-corrected chi connectivity index (χ3v) is 6.17. The van der Waals surface area contributed by atoms with E-state index in [1.165, 1.54) is 30.8 Å². The fourth-order valence-electron chi connectivity index (χ4n) is 3.07. The molecule has 0 aliphatic carbocycles. The molecule has 0 spiro atoms. The largest absolute Gasteiger partial charge is 0.493 e. The van der Waals surface area contributed by atoms with Crippen LogP contribution in [0.2, 0.25) is 0 Å². The minimum Gasteiger partial charge on any atom is -0.493 e. The van der Waals surface area contributed by atoms with E-state index >= 15 is 0 Å². The molecule has 3 rings (SSSR count). The topological polar surface area (TPSA) is 106 Å². The lowest BCUT2D eigenvalue weighted by molar-refractivity contribution is 0.0979. The molecule has 0 unspecified atom stereocenters. The summed E-state index contributed by atoms with van der Waals surface area (Å²) in [5.41, 5.74) is 0.866. The number of rotatable bonds is 2. The minimum atomic E-state index is -3.62. The lowest BCUT2D eigenvalue weighted by Gasteiger charge is -2.19. The third-order valence-electron chi connectivity index (χ3n) is 4.28. The highest BCUT2D eigenvalue weighted by molar-refractivity contribution is 7.91. The van der Waals surface area contributed by atoms with Gasteiger partial charge in [0.05, 0.1) is 16.3 Å². The van der Waals surface area contributed by atoms with Gasteiger partial charge in [-0.3, -0.25) is 9.59 Å². The highest BCUT2D eigenvalue weighted by Crippen LogP contribution is 2.32. The normalized spacial score (nSPS) is 16.0. The quantitative estimate of drug-likeness (QED) is 0.821. The molecule has 1 aliphatic heterocycles. The summed E-state index contributed by atoms with van der Waals surface area (Å²) < 4.78 is 25.9. The fraction of sp³-hybridized carbons (Fsp3) is 0.312. The second kappa shape index (κ2) is 5.27. The molecule has 1 aliphatic rings. The number of carbonyl (C=O) groups excluding carboxylic acids is 2. The van der Waals surface area contributed by atoms with E-state index in [1.807, 2.05) is 0 Å². The number of carbonyl (C=O) groups is 2. The van der Waals surface area contributed by atoms with Crippen molar-refractivity contribution in [2.45, 2.75) is 25.2 Å². The van der Waals surface area contributed by atoms with Crippen molar-refractivity contribution in [2.75, 3.05) is 5.75 Å². The van der Waals surface area contributed by atoms with Gasteiger partial charge >= 0.3 is 0 Å². The summed E-state index contributed by atoms with van der Waals surface area (Å²) in [5, 5.41) is 14.0. The van der Waals surface area contributed by atoms with Crippen LogP contribution in [-0.4, -0.2) is 40.6 Å². The molecule has 2 heterocycles. The number of Topliss-reactive ketones (excluding diaryl/α,β-unsaturated/α-hetero) is 1. The van der Waals surface area contributed by atoms with E-state index in [2.05, 4.69) is 5.10 Å². The zero-order valence-electron chi connectivity index (χ0n) is 13.5. The fourth-order valence-corrected chi connectivity index (χ4v) is 4.82. The van der Waals surface area contributed by atoms with E-state index in [1.54, 1.807) is 6.92 Å². The number of ketones is 2. The van der Waals surface area contributed by atoms with Gasteiger partial charge in [-0.1, -0.05) is 0 Å². The van der Waals surface area contributed by atoms with Gasteiger partial charge < -0.3 is 5.11 Å². The maximum Gasteiger partial charge on any atom is 0.220 e. The molecule has 24 heavy (non-hydrogen) atoms. The highest BCUT2D eigenvalue weighted by Gasteiger charge is 2.33. The number of aromatic nitrogens is 2. The van der Waals surface area contributed by atoms with Gasteiger partial charge in [0.1, 0.15) is 5.56 Å². The highest BCUT2D eigenvalue weighted by atomic mass is 32.2. The molecule has 0 fully saturated rings. The Labute approximate surface area is 138 Å². The molecule has 0 radical (unpaired) electrons. The lowest BCUT2D eigenvalue weighted by atomic mass is 9.95. The second-order valence-electron chi connectivity index (χ2n) is 5.84. The van der Waals surface area contributed by atoms with Gasteiger partial charge in [-0.25, -0.2) is 13.1 Å². The van der Waals surface area contributed by atoms with Gasteiger partial charge in [0.2, 0.25) is 11.7 Å². The lowest BCUT2D eigenvalue weighted by Crippen LogP contribution is -2.23. The number of hydrogen-bond donors (Lipinski definition) is 1. The van der Waals surface area contributed by atoms with Gasteiger partial charge in [-0.15, -0.1) is 0 Å². The smallest absolute Gasteiger partial charge is 0.220 e. The van der Waals surface area contributed by atoms with Crippen LogP contribution in [0.4, 0.5) is 0 Å². The maximum absolute atomic E-state index is 12.8. The maximum atomic E-state index is 12.8. The molecular weight excluding hydrogens is 332 g/mol. The van der Waals surface area contributed by atoms with Crippen molar-refractivity contribution in [3.05, 3.63) is 40.1 Å². The monoisotopic (exact) mass is 348 g/mol. The molecule has 1 N–H and O–H groups in total. The van der Waals surface area contributed by atoms with Crippen molar-refractivity contribution in [3.63, 3.8) is 0 Å². The molecule has 0 amide bonds. The van der Waals surface area contributed by atoms with Crippen molar-refractivity contribution >= 4 is 21.4 Å². The molecule has 2 aromatic rings. The second-order valence-corrected chi connectivity index (χ2v) is 7.89. The van der Waals surface area contributed by atoms with Crippen LogP contribution >= 0.6 is 0 Å². The van der Waals surface area contributed by atoms with Crippen molar-refractivity contribution in [1.29, 1.82) is 0 Å². The van der Waals surface area contributed by atoms with Crippen molar-refractivity contribution in [3.8, 4) is 5.88 Å². The summed E-state index contributed by atoms with van der Waals surface area (Å²) in [4.78, 5) is 24.7. The molecular formula is C16H16N2O5S. The van der Waals surface area contributed by atoms with E-state index in [9.17, 15) is 23.1 Å². The molecule has 0 saturated heterocycles. The molecule has 1 aromatic heterocycles. The molecule has 0 saturated carbocycles. The van der Waals surface area contributed by atoms with Gasteiger partial charge in [-0.05, 0) is 31.5 Å². The van der Waals surface area contributed by atoms with Crippen LogP contribution < -0.4 is 0 Å². The Morgan fingerprint density at radius 1 is 1.29 bits per heavy atom. The van der Waals surface area contributed by atoms with Crippen LogP contribution in [0.25, 0.3) is 0 Å². The van der Waals surface area contributed by atoms with E-state index in [-0.39, 0.29) is 51.0 Å². The summed E-state index contributed by atoms with van der Waals surface area (Å²) in [6, 6.07) is 2.80. The molecule has 8 heteroatoms. The van der Waals surface area contributed by atoms with Crippen LogP contribution in [0.5, 0.6) is 5.88 Å². The van der Waals surface area contributed by atoms with E-state index in [4.69, 9.17) is 0 Å². The number of aromatic hydroxyl groups is 1. The number of sulfone groups is 1. The van der Waals surface area contributed by atoms with Crippen LogP contribution in [-0.2, 0) is 16.9 Å². The Bertz CT molecular complexity index is 1000. The first-order chi connectivity index (χ1) is 11.1. The Morgan fingerprint density at radius 2 is 1.96 bits per heavy atom. The minimum absolute atomic E-state index is 0.0279. The van der Waals surface area contributed by atoms with Gasteiger partial charge in [0.15, 0.2) is 15.6 Å². The predicted molar refractivity (Wildman–Crippen MR) is 85.2 cm³/mol. The van der Waals surface area contributed by atoms with Crippen LogP contribution in [0.1, 0.15) is 44.0 Å². The van der Waals surface area contributed by atoms with E-state index in [0.29, 0.717) is 5.69 Å². The molecule has 7 nitrogen and oxygen atoms in total. The number of fused-ring (bicyclic) bond motifs is 1. The Morgan fingerprint density at radius 3 is 2.54 bits per heavy atom. The summed E-state index contributed by atoms with van der Waals surface area (Å²) in [5.74, 6) is -1.31. The number of benzene rings is 1. The Hall–Kier alpha value is -2.48. The molecule has 126 valence electrons. The standard InChI is InChI=1S/C16H16N2O5S/c1-8-10(14(20)13-9(2)17-18(3)16(13)21)4-5-11-12(19)6-7-24(22,23)15(8)11/h4-5,21H,6-7H2,1-3H3. The van der Waals surface area contributed by atoms with Crippen molar-refractivity contribution in [1.82, 2.24) is 9.78 Å². The summed E-state index contributed by atoms with van der Waals surface area (Å²) in [6.07, 6.45) is -0.0510. The number of hydrogen-bond acceptors (Lipinski definition) is 6. The zero-order valence-corrected chi connectivity index (χ0v) is 14.3. The van der Waals surface area contributed by atoms with Crippen LogP contribution in [0, 0.1) is 13.8 Å². The van der Waals surface area contributed by atoms with Gasteiger partial charge in [0.25, 0.3) is 0 Å².